The number of carbonyl (C=O) groups is 2. The topological polar surface area (TPSA) is 64.4 Å². The fourth-order valence-electron chi connectivity index (χ4n) is 1.97. The highest BCUT2D eigenvalue weighted by molar-refractivity contribution is 9.10. The third-order valence-electron chi connectivity index (χ3n) is 2.92. The van der Waals surface area contributed by atoms with E-state index in [2.05, 4.69) is 22.0 Å². The maximum Gasteiger partial charge on any atom is 0.300 e. The zero-order valence-corrected chi connectivity index (χ0v) is 12.0. The summed E-state index contributed by atoms with van der Waals surface area (Å²) in [4.78, 5) is 27.1. The van der Waals surface area contributed by atoms with Crippen molar-refractivity contribution in [3.63, 3.8) is 0 Å². The molecule has 0 radical (unpaired) electrons. The summed E-state index contributed by atoms with van der Waals surface area (Å²) in [6.45, 7) is 0.862. The van der Waals surface area contributed by atoms with Crippen LogP contribution in [0.25, 0.3) is 0 Å². The molecule has 5 nitrogen and oxygen atoms in total. The van der Waals surface area contributed by atoms with Crippen LogP contribution in [0.15, 0.2) is 22.7 Å². The van der Waals surface area contributed by atoms with Crippen LogP contribution in [0.4, 0.5) is 5.69 Å². The molecule has 19 heavy (non-hydrogen) atoms. The first-order valence-corrected chi connectivity index (χ1v) is 6.55. The molecule has 0 N–H and O–H groups in total. The zero-order chi connectivity index (χ0) is 14.0. The van der Waals surface area contributed by atoms with Gasteiger partial charge in [-0.05, 0) is 25.2 Å². The van der Waals surface area contributed by atoms with Gasteiger partial charge in [0.1, 0.15) is 0 Å². The molecule has 1 aliphatic heterocycles. The number of carbonyl (C=O) groups excluding carboxylic acids is 2. The van der Waals surface area contributed by atoms with E-state index in [4.69, 9.17) is 5.26 Å². The predicted octanol–water partition coefficient (Wildman–Crippen LogP) is 1.78. The van der Waals surface area contributed by atoms with Gasteiger partial charge in [-0.3, -0.25) is 19.4 Å². The first-order valence-electron chi connectivity index (χ1n) is 5.76. The molecule has 0 aromatic heterocycles. The van der Waals surface area contributed by atoms with Crippen molar-refractivity contribution in [2.45, 2.75) is 6.42 Å². The van der Waals surface area contributed by atoms with Crippen molar-refractivity contribution in [1.29, 1.82) is 5.26 Å². The Morgan fingerprint density at radius 1 is 1.42 bits per heavy atom. The molecule has 98 valence electrons. The van der Waals surface area contributed by atoms with Gasteiger partial charge in [0, 0.05) is 17.4 Å². The van der Waals surface area contributed by atoms with Crippen LogP contribution in [0.5, 0.6) is 0 Å². The average molecular weight is 322 g/mol. The van der Waals surface area contributed by atoms with E-state index in [1.807, 2.05) is 11.9 Å². The van der Waals surface area contributed by atoms with Crippen molar-refractivity contribution < 1.29 is 9.59 Å². The number of nitriles is 1. The number of amides is 1. The van der Waals surface area contributed by atoms with Gasteiger partial charge in [0.15, 0.2) is 0 Å². The maximum atomic E-state index is 12.0. The number of anilines is 1. The smallest absolute Gasteiger partial charge is 0.291 e. The zero-order valence-electron chi connectivity index (χ0n) is 10.4. The molecule has 0 unspecified atom stereocenters. The Hall–Kier alpha value is -1.71. The molecule has 1 aromatic carbocycles. The molecule has 2 rings (SSSR count). The minimum absolute atomic E-state index is 0.306. The van der Waals surface area contributed by atoms with Crippen LogP contribution in [0.3, 0.4) is 0 Å². The Bertz CT molecular complexity index is 580. The van der Waals surface area contributed by atoms with Crippen molar-refractivity contribution in [3.05, 3.63) is 28.2 Å². The third-order valence-corrected chi connectivity index (χ3v) is 3.41. The molecule has 0 saturated heterocycles. The Balaban J connectivity index is 2.22. The summed E-state index contributed by atoms with van der Waals surface area (Å²) < 4.78 is 0.770. The van der Waals surface area contributed by atoms with E-state index < -0.39 is 11.7 Å². The predicted molar refractivity (Wildman–Crippen MR) is 73.7 cm³/mol. The first-order chi connectivity index (χ1) is 9.04. The minimum Gasteiger partial charge on any atom is -0.291 e. The van der Waals surface area contributed by atoms with Crippen LogP contribution in [0.1, 0.15) is 16.8 Å². The number of hydrogen-bond acceptors (Lipinski definition) is 4. The summed E-state index contributed by atoms with van der Waals surface area (Å²) in [6.07, 6.45) is 0.389. The van der Waals surface area contributed by atoms with Crippen LogP contribution in [0, 0.1) is 11.3 Å². The van der Waals surface area contributed by atoms with E-state index in [0.717, 1.165) is 4.47 Å². The fourth-order valence-corrected chi connectivity index (χ4v) is 2.33. The quantitative estimate of drug-likeness (QED) is 0.793. The number of fused-ring (bicyclic) bond motifs is 1. The molecule has 6 heteroatoms. The number of Topliss-reactive ketones (excluding diaryl/α,β-unsaturated/α-hetero) is 1. The normalized spacial score (nSPS) is 13.9. The second kappa shape index (κ2) is 5.51. The Kier molecular flexibility index (Phi) is 3.98. The van der Waals surface area contributed by atoms with E-state index >= 15 is 0 Å². The van der Waals surface area contributed by atoms with Crippen LogP contribution < -0.4 is 4.90 Å². The Morgan fingerprint density at radius 2 is 2.16 bits per heavy atom. The lowest BCUT2D eigenvalue weighted by molar-refractivity contribution is -0.114. The van der Waals surface area contributed by atoms with Crippen molar-refractivity contribution in [1.82, 2.24) is 4.90 Å². The Morgan fingerprint density at radius 3 is 2.84 bits per heavy atom. The molecule has 0 bridgehead atoms. The Labute approximate surface area is 119 Å². The highest BCUT2D eigenvalue weighted by Crippen LogP contribution is 2.31. The minimum atomic E-state index is -0.517. The number of halogens is 1. The van der Waals surface area contributed by atoms with E-state index in [1.54, 1.807) is 18.2 Å². The highest BCUT2D eigenvalue weighted by Gasteiger charge is 2.36. The van der Waals surface area contributed by atoms with Gasteiger partial charge in [0.05, 0.1) is 24.0 Å². The van der Waals surface area contributed by atoms with Crippen molar-refractivity contribution in [3.8, 4) is 6.07 Å². The monoisotopic (exact) mass is 321 g/mol. The van der Waals surface area contributed by atoms with E-state index in [-0.39, 0.29) is 0 Å². The molecule has 1 amide bonds. The van der Waals surface area contributed by atoms with Gasteiger partial charge in [-0.1, -0.05) is 15.9 Å². The van der Waals surface area contributed by atoms with E-state index in [1.165, 1.54) is 4.90 Å². The number of benzene rings is 1. The van der Waals surface area contributed by atoms with Gasteiger partial charge in [-0.25, -0.2) is 0 Å². The summed E-state index contributed by atoms with van der Waals surface area (Å²) >= 11 is 3.29. The fraction of sp³-hybridized carbons (Fsp3) is 0.308. The molecular weight excluding hydrogens is 310 g/mol. The summed E-state index contributed by atoms with van der Waals surface area (Å²) in [5, 5.41) is 8.54. The van der Waals surface area contributed by atoms with E-state index in [0.29, 0.717) is 30.9 Å². The largest absolute Gasteiger partial charge is 0.300 e. The van der Waals surface area contributed by atoms with Crippen LogP contribution in [-0.4, -0.2) is 36.9 Å². The lowest BCUT2D eigenvalue weighted by Crippen LogP contribution is -2.39. The van der Waals surface area contributed by atoms with Gasteiger partial charge in [0.25, 0.3) is 5.78 Å². The van der Waals surface area contributed by atoms with E-state index in [9.17, 15) is 9.59 Å². The molecule has 1 aromatic rings. The van der Waals surface area contributed by atoms with Gasteiger partial charge in [0.2, 0.25) is 0 Å². The summed E-state index contributed by atoms with van der Waals surface area (Å²) in [5.41, 5.74) is 1.05. The molecule has 1 aliphatic rings. The van der Waals surface area contributed by atoms with Crippen molar-refractivity contribution in [2.24, 2.45) is 0 Å². The number of ketones is 1. The van der Waals surface area contributed by atoms with Crippen LogP contribution in [-0.2, 0) is 4.79 Å². The van der Waals surface area contributed by atoms with Crippen molar-refractivity contribution in [2.75, 3.05) is 25.2 Å². The van der Waals surface area contributed by atoms with Crippen LogP contribution >= 0.6 is 15.9 Å². The highest BCUT2D eigenvalue weighted by atomic mass is 79.9. The molecule has 0 fully saturated rings. The lowest BCUT2D eigenvalue weighted by Gasteiger charge is -2.23. The lowest BCUT2D eigenvalue weighted by atomic mass is 10.1. The second-order valence-corrected chi connectivity index (χ2v) is 5.27. The average Bonchev–Trinajstić information content (AvgIpc) is 2.61. The van der Waals surface area contributed by atoms with Gasteiger partial charge < -0.3 is 0 Å². The molecule has 1 heterocycles. The molecular formula is C13H12BrN3O2. The molecule has 0 saturated carbocycles. The summed E-state index contributed by atoms with van der Waals surface area (Å²) in [7, 11) is 1.81. The maximum absolute atomic E-state index is 12.0. The second-order valence-electron chi connectivity index (χ2n) is 4.35. The van der Waals surface area contributed by atoms with Crippen molar-refractivity contribution >= 4 is 33.3 Å². The van der Waals surface area contributed by atoms with Crippen LogP contribution in [0.2, 0.25) is 0 Å². The first kappa shape index (κ1) is 13.7. The number of rotatable bonds is 4. The van der Waals surface area contributed by atoms with Gasteiger partial charge in [-0.15, -0.1) is 0 Å². The molecule has 0 atom stereocenters. The molecule has 0 aliphatic carbocycles. The standard InChI is InChI=1S/C13H12BrN3O2/c1-16(6-2-5-15)8-17-11-4-3-9(14)7-10(11)12(18)13(17)19/h3-4,7H,2,6,8H2,1H3. The SMILES string of the molecule is CN(CCC#N)CN1C(=O)C(=O)c2cc(Br)ccc21. The number of nitrogens with zero attached hydrogens (tertiary/aromatic N) is 3. The third kappa shape index (κ3) is 2.67. The van der Waals surface area contributed by atoms with Gasteiger partial charge >= 0.3 is 5.91 Å². The summed E-state index contributed by atoms with van der Waals surface area (Å²) in [5.74, 6) is -0.998. The summed E-state index contributed by atoms with van der Waals surface area (Å²) in [6, 6.07) is 7.26. The molecule has 0 spiro atoms. The van der Waals surface area contributed by atoms with Gasteiger partial charge in [-0.2, -0.15) is 5.26 Å². The number of hydrogen-bond donors (Lipinski definition) is 0.